The zero-order valence-corrected chi connectivity index (χ0v) is 25.4. The van der Waals surface area contributed by atoms with Crippen molar-refractivity contribution in [1.29, 1.82) is 0 Å². The van der Waals surface area contributed by atoms with Gasteiger partial charge in [-0.1, -0.05) is 38.1 Å². The van der Waals surface area contributed by atoms with E-state index in [1.54, 1.807) is 0 Å². The van der Waals surface area contributed by atoms with E-state index in [1.807, 2.05) is 58.3 Å². The maximum absolute atomic E-state index is 14.0. The molecular formula is C32H32F4IrN4+3. The molecule has 4 nitrogen and oxygen atoms in total. The van der Waals surface area contributed by atoms with Crippen molar-refractivity contribution in [3.63, 3.8) is 0 Å². The van der Waals surface area contributed by atoms with Crippen LogP contribution in [0.5, 0.6) is 0 Å². The first-order valence-electron chi connectivity index (χ1n) is 13.5. The third-order valence-corrected chi connectivity index (χ3v) is 7.04. The summed E-state index contributed by atoms with van der Waals surface area (Å²) < 4.78 is 54.1. The van der Waals surface area contributed by atoms with Crippen molar-refractivity contribution in [2.45, 2.75) is 26.7 Å². The second kappa shape index (κ2) is 13.4. The van der Waals surface area contributed by atoms with Gasteiger partial charge < -0.3 is 19.6 Å². The molecule has 41 heavy (non-hydrogen) atoms. The van der Waals surface area contributed by atoms with Crippen LogP contribution in [-0.4, -0.2) is 26.4 Å². The quantitative estimate of drug-likeness (QED) is 0.184. The van der Waals surface area contributed by atoms with Gasteiger partial charge >= 0.3 is 20.1 Å². The standard InChI is InChI=1S/2C16H16F2N2.Ir/c2*1-2-9-19-11-20(16-6-4-3-5-15(16)19)14-8-7-12(17)10-13(14)18;/h2*3-8,10H,2,9,11H2,1H3;/q;;+3. The van der Waals surface area contributed by atoms with Gasteiger partial charge in [0.25, 0.3) is 0 Å². The zero-order valence-electron chi connectivity index (χ0n) is 23.0. The smallest absolute Gasteiger partial charge is 0.352 e. The average Bonchev–Trinajstić information content (AvgIpc) is 3.49. The van der Waals surface area contributed by atoms with Crippen LogP contribution < -0.4 is 19.6 Å². The maximum atomic E-state index is 14.0. The Morgan fingerprint density at radius 2 is 0.878 bits per heavy atom. The molecule has 0 radical (unpaired) electrons. The third-order valence-electron chi connectivity index (χ3n) is 7.04. The minimum atomic E-state index is -0.552. The Bertz CT molecular complexity index is 1370. The molecule has 9 heteroatoms. The molecule has 214 valence electrons. The minimum Gasteiger partial charge on any atom is -0.352 e. The van der Waals surface area contributed by atoms with Crippen LogP contribution in [0.15, 0.2) is 84.9 Å². The van der Waals surface area contributed by atoms with Crippen LogP contribution in [-0.2, 0) is 20.1 Å². The van der Waals surface area contributed by atoms with Gasteiger partial charge in [-0.15, -0.1) is 0 Å². The van der Waals surface area contributed by atoms with Gasteiger partial charge in [0, 0.05) is 25.2 Å². The normalized spacial score (nSPS) is 13.4. The zero-order chi connectivity index (χ0) is 28.2. The van der Waals surface area contributed by atoms with Gasteiger partial charge in [0.1, 0.15) is 23.3 Å². The second-order valence-corrected chi connectivity index (χ2v) is 9.83. The van der Waals surface area contributed by atoms with Gasteiger partial charge in [0.2, 0.25) is 0 Å². The summed E-state index contributed by atoms with van der Waals surface area (Å²) in [5, 5.41) is 0. The predicted molar refractivity (Wildman–Crippen MR) is 155 cm³/mol. The van der Waals surface area contributed by atoms with Crippen molar-refractivity contribution in [2.75, 3.05) is 46.0 Å². The number of hydrogen-bond donors (Lipinski definition) is 0. The first kappa shape index (κ1) is 30.4. The number of halogens is 4. The number of fused-ring (bicyclic) bond motifs is 2. The Hall–Kier alpha value is -3.55. The predicted octanol–water partition coefficient (Wildman–Crippen LogP) is 8.58. The number of benzene rings is 4. The fourth-order valence-electron chi connectivity index (χ4n) is 5.30. The summed E-state index contributed by atoms with van der Waals surface area (Å²) in [7, 11) is 0. The van der Waals surface area contributed by atoms with Gasteiger partial charge in [-0.05, 0) is 61.4 Å². The molecule has 0 fully saturated rings. The van der Waals surface area contributed by atoms with Crippen molar-refractivity contribution in [2.24, 2.45) is 0 Å². The molecule has 0 aliphatic carbocycles. The number of para-hydroxylation sites is 4. The molecule has 0 saturated carbocycles. The fraction of sp³-hybridized carbons (Fsp3) is 0.250. The van der Waals surface area contributed by atoms with Crippen LogP contribution in [0.25, 0.3) is 0 Å². The van der Waals surface area contributed by atoms with Gasteiger partial charge in [0.15, 0.2) is 0 Å². The van der Waals surface area contributed by atoms with Crippen LogP contribution in [0.1, 0.15) is 26.7 Å². The average molecular weight is 741 g/mol. The van der Waals surface area contributed by atoms with Crippen LogP contribution >= 0.6 is 0 Å². The number of nitrogens with zero attached hydrogens (tertiary/aromatic N) is 4. The second-order valence-electron chi connectivity index (χ2n) is 9.83. The minimum absolute atomic E-state index is 0. The Morgan fingerprint density at radius 1 is 0.512 bits per heavy atom. The first-order valence-corrected chi connectivity index (χ1v) is 13.5. The van der Waals surface area contributed by atoms with Crippen molar-refractivity contribution >= 4 is 34.1 Å². The molecule has 2 aliphatic rings. The van der Waals surface area contributed by atoms with Crippen LogP contribution in [0.3, 0.4) is 0 Å². The Morgan fingerprint density at radius 3 is 1.22 bits per heavy atom. The summed E-state index contributed by atoms with van der Waals surface area (Å²) in [5.41, 5.74) is 4.95. The largest absolute Gasteiger partial charge is 3.00 e. The van der Waals surface area contributed by atoms with E-state index in [2.05, 4.69) is 23.6 Å². The molecule has 0 saturated heterocycles. The molecule has 0 aromatic heterocycles. The fourth-order valence-corrected chi connectivity index (χ4v) is 5.30. The van der Waals surface area contributed by atoms with Crippen molar-refractivity contribution in [3.8, 4) is 0 Å². The topological polar surface area (TPSA) is 13.0 Å². The summed E-state index contributed by atoms with van der Waals surface area (Å²) in [6, 6.07) is 23.3. The van der Waals surface area contributed by atoms with E-state index < -0.39 is 23.3 Å². The monoisotopic (exact) mass is 741 g/mol. The molecule has 0 N–H and O–H groups in total. The van der Waals surface area contributed by atoms with Gasteiger partial charge in [0.05, 0.1) is 47.5 Å². The third kappa shape index (κ3) is 6.36. The molecule has 0 atom stereocenters. The number of rotatable bonds is 6. The Kier molecular flexibility index (Phi) is 9.94. The molecule has 6 rings (SSSR count). The van der Waals surface area contributed by atoms with E-state index >= 15 is 0 Å². The molecule has 2 aliphatic heterocycles. The molecule has 0 unspecified atom stereocenters. The van der Waals surface area contributed by atoms with Crippen LogP contribution in [0.2, 0.25) is 0 Å². The van der Waals surface area contributed by atoms with Crippen molar-refractivity contribution in [1.82, 2.24) is 0 Å². The molecule has 0 spiro atoms. The Labute approximate surface area is 252 Å². The molecule has 4 aromatic rings. The van der Waals surface area contributed by atoms with Crippen molar-refractivity contribution in [3.05, 3.63) is 108 Å². The Balaban J connectivity index is 0.000000184. The summed E-state index contributed by atoms with van der Waals surface area (Å²) in [4.78, 5) is 8.19. The SMILES string of the molecule is CCCN1CN(c2ccc(F)cc2F)c2ccccc21.CCCN1CN(c2ccc(F)cc2F)c2ccccc21.[Ir+3]. The molecule has 0 bridgehead atoms. The molecule has 2 heterocycles. The van der Waals surface area contributed by atoms with E-state index in [0.717, 1.165) is 60.8 Å². The van der Waals surface area contributed by atoms with E-state index in [1.165, 1.54) is 24.3 Å². The van der Waals surface area contributed by atoms with E-state index in [-0.39, 0.29) is 20.1 Å². The number of anilines is 6. The first-order chi connectivity index (χ1) is 19.4. The van der Waals surface area contributed by atoms with Gasteiger partial charge in [-0.3, -0.25) is 0 Å². The van der Waals surface area contributed by atoms with Gasteiger partial charge in [-0.25, -0.2) is 17.6 Å². The number of hydrogen-bond acceptors (Lipinski definition) is 4. The summed E-state index contributed by atoms with van der Waals surface area (Å²) in [5.74, 6) is -2.16. The molecule has 0 amide bonds. The van der Waals surface area contributed by atoms with Crippen LogP contribution in [0.4, 0.5) is 51.7 Å². The summed E-state index contributed by atoms with van der Waals surface area (Å²) in [6.45, 7) is 7.24. The molecular weight excluding hydrogens is 709 g/mol. The summed E-state index contributed by atoms with van der Waals surface area (Å²) >= 11 is 0. The summed E-state index contributed by atoms with van der Waals surface area (Å²) in [6.07, 6.45) is 2.04. The van der Waals surface area contributed by atoms with Gasteiger partial charge in [-0.2, -0.15) is 0 Å². The van der Waals surface area contributed by atoms with E-state index in [0.29, 0.717) is 24.7 Å². The van der Waals surface area contributed by atoms with Crippen molar-refractivity contribution < 1.29 is 37.7 Å². The maximum Gasteiger partial charge on any atom is 3.00 e. The molecule has 4 aromatic carbocycles. The van der Waals surface area contributed by atoms with E-state index in [9.17, 15) is 17.6 Å². The van der Waals surface area contributed by atoms with Crippen LogP contribution in [0, 0.1) is 23.3 Å². The van der Waals surface area contributed by atoms with E-state index in [4.69, 9.17) is 0 Å².